The average Bonchev–Trinajstić information content (AvgIpc) is 2.71. The van der Waals surface area contributed by atoms with Crippen LogP contribution < -0.4 is 20.9 Å². The van der Waals surface area contributed by atoms with E-state index in [-0.39, 0.29) is 0 Å². The van der Waals surface area contributed by atoms with E-state index in [1.807, 2.05) is 91.0 Å². The van der Waals surface area contributed by atoms with Gasteiger partial charge < -0.3 is 20.9 Å². The molecule has 0 aromatic heterocycles. The molecule has 0 amide bonds. The lowest BCUT2D eigenvalue weighted by molar-refractivity contribution is 0.482. The molecule has 4 nitrogen and oxygen atoms in total. The predicted molar refractivity (Wildman–Crippen MR) is 114 cm³/mol. The van der Waals surface area contributed by atoms with Crippen molar-refractivity contribution in [2.45, 2.75) is 0 Å². The van der Waals surface area contributed by atoms with Gasteiger partial charge in [0, 0.05) is 17.4 Å². The third kappa shape index (κ3) is 4.24. The number of rotatable bonds is 5. The Kier molecular flexibility index (Phi) is 4.85. The van der Waals surface area contributed by atoms with Crippen LogP contribution in [-0.2, 0) is 0 Å². The molecule has 0 unspecified atom stereocenters. The Labute approximate surface area is 164 Å². The van der Waals surface area contributed by atoms with Crippen LogP contribution in [0.5, 0.6) is 23.0 Å². The van der Waals surface area contributed by atoms with Crippen molar-refractivity contribution in [3.8, 4) is 34.1 Å². The van der Waals surface area contributed by atoms with Crippen molar-refractivity contribution in [3.63, 3.8) is 0 Å². The van der Waals surface area contributed by atoms with Crippen LogP contribution in [0.4, 0.5) is 11.4 Å². The number of anilines is 2. The number of hydrogen-bond acceptors (Lipinski definition) is 4. The van der Waals surface area contributed by atoms with E-state index < -0.39 is 0 Å². The maximum atomic E-state index is 5.84. The fourth-order valence-corrected chi connectivity index (χ4v) is 2.82. The molecule has 4 heteroatoms. The van der Waals surface area contributed by atoms with Crippen LogP contribution in [0.3, 0.4) is 0 Å². The fourth-order valence-electron chi connectivity index (χ4n) is 2.82. The van der Waals surface area contributed by atoms with Crippen LogP contribution in [0.2, 0.25) is 0 Å². The Hall–Kier alpha value is -3.92. The van der Waals surface area contributed by atoms with Gasteiger partial charge in [-0.2, -0.15) is 0 Å². The summed E-state index contributed by atoms with van der Waals surface area (Å²) in [4.78, 5) is 0. The van der Waals surface area contributed by atoms with Crippen molar-refractivity contribution in [1.29, 1.82) is 0 Å². The standard InChI is InChI=1S/C24H20N2O2/c25-19-8-14-23(15-9-19)27-21-10-4-17(5-11-21)18-6-12-22(13-7-18)28-24-3-1-2-20(26)16-24/h1-16H,25-26H2. The van der Waals surface area contributed by atoms with Crippen LogP contribution in [0.1, 0.15) is 0 Å². The van der Waals surface area contributed by atoms with Crippen LogP contribution in [0.15, 0.2) is 97.1 Å². The highest BCUT2D eigenvalue weighted by molar-refractivity contribution is 5.65. The SMILES string of the molecule is Nc1ccc(Oc2ccc(-c3ccc(Oc4cccc(N)c4)cc3)cc2)cc1. The molecule has 0 aliphatic carbocycles. The van der Waals surface area contributed by atoms with Crippen LogP contribution in [-0.4, -0.2) is 0 Å². The molecule has 0 atom stereocenters. The maximum Gasteiger partial charge on any atom is 0.129 e. The van der Waals surface area contributed by atoms with Crippen molar-refractivity contribution < 1.29 is 9.47 Å². The second-order valence-electron chi connectivity index (χ2n) is 6.39. The molecular formula is C24H20N2O2. The molecule has 0 spiro atoms. The molecule has 0 saturated heterocycles. The summed E-state index contributed by atoms with van der Waals surface area (Å²) < 4.78 is 11.7. The molecule has 0 saturated carbocycles. The molecule has 4 rings (SSSR count). The molecule has 4 aromatic rings. The first kappa shape index (κ1) is 17.5. The molecule has 0 aliphatic heterocycles. The lowest BCUT2D eigenvalue weighted by atomic mass is 10.1. The fraction of sp³-hybridized carbons (Fsp3) is 0. The summed E-state index contributed by atoms with van der Waals surface area (Å²) in [7, 11) is 0. The largest absolute Gasteiger partial charge is 0.457 e. The van der Waals surface area contributed by atoms with Gasteiger partial charge in [0.25, 0.3) is 0 Å². The van der Waals surface area contributed by atoms with Gasteiger partial charge in [-0.25, -0.2) is 0 Å². The summed E-state index contributed by atoms with van der Waals surface area (Å²) in [5, 5.41) is 0. The first-order chi connectivity index (χ1) is 13.7. The molecule has 0 bridgehead atoms. The molecule has 0 radical (unpaired) electrons. The summed E-state index contributed by atoms with van der Waals surface area (Å²) in [5.41, 5.74) is 15.1. The van der Waals surface area contributed by atoms with Crippen LogP contribution in [0, 0.1) is 0 Å². The Morgan fingerprint density at radius 1 is 0.429 bits per heavy atom. The molecule has 0 aliphatic rings. The maximum absolute atomic E-state index is 5.84. The number of ether oxygens (including phenoxy) is 2. The summed E-state index contributed by atoms with van der Waals surface area (Å²) in [6.07, 6.45) is 0. The topological polar surface area (TPSA) is 70.5 Å². The molecule has 138 valence electrons. The monoisotopic (exact) mass is 368 g/mol. The van der Waals surface area contributed by atoms with Crippen molar-refractivity contribution in [3.05, 3.63) is 97.1 Å². The second-order valence-corrected chi connectivity index (χ2v) is 6.39. The Morgan fingerprint density at radius 3 is 1.39 bits per heavy atom. The molecule has 0 heterocycles. The predicted octanol–water partition coefficient (Wildman–Crippen LogP) is 6.10. The normalized spacial score (nSPS) is 10.4. The van der Waals surface area contributed by atoms with Gasteiger partial charge in [0.2, 0.25) is 0 Å². The van der Waals surface area contributed by atoms with E-state index in [0.717, 1.165) is 34.1 Å². The highest BCUT2D eigenvalue weighted by Gasteiger charge is 2.03. The van der Waals surface area contributed by atoms with E-state index in [4.69, 9.17) is 20.9 Å². The van der Waals surface area contributed by atoms with Crippen molar-refractivity contribution in [2.75, 3.05) is 11.5 Å². The second kappa shape index (κ2) is 7.76. The highest BCUT2D eigenvalue weighted by atomic mass is 16.5. The Bertz CT molecular complexity index is 1060. The quantitative estimate of drug-likeness (QED) is 0.417. The summed E-state index contributed by atoms with van der Waals surface area (Å²) in [5.74, 6) is 3.01. The summed E-state index contributed by atoms with van der Waals surface area (Å²) >= 11 is 0. The van der Waals surface area contributed by atoms with Gasteiger partial charge in [-0.05, 0) is 71.8 Å². The minimum Gasteiger partial charge on any atom is -0.457 e. The number of hydrogen-bond donors (Lipinski definition) is 2. The third-order valence-electron chi connectivity index (χ3n) is 4.25. The molecular weight excluding hydrogens is 348 g/mol. The van der Waals surface area contributed by atoms with E-state index in [2.05, 4.69) is 0 Å². The van der Waals surface area contributed by atoms with Crippen molar-refractivity contribution in [1.82, 2.24) is 0 Å². The lowest BCUT2D eigenvalue weighted by Gasteiger charge is -2.09. The first-order valence-electron chi connectivity index (χ1n) is 8.93. The van der Waals surface area contributed by atoms with Crippen molar-refractivity contribution in [2.24, 2.45) is 0 Å². The molecule has 4 N–H and O–H groups in total. The Morgan fingerprint density at radius 2 is 0.893 bits per heavy atom. The average molecular weight is 368 g/mol. The van der Waals surface area contributed by atoms with Gasteiger partial charge in [0.05, 0.1) is 0 Å². The minimum absolute atomic E-state index is 0.676. The van der Waals surface area contributed by atoms with Gasteiger partial charge in [-0.1, -0.05) is 30.3 Å². The zero-order valence-corrected chi connectivity index (χ0v) is 15.2. The Balaban J connectivity index is 1.44. The van der Waals surface area contributed by atoms with Crippen LogP contribution in [0.25, 0.3) is 11.1 Å². The highest BCUT2D eigenvalue weighted by Crippen LogP contribution is 2.29. The number of nitrogens with two attached hydrogens (primary N) is 2. The zero-order chi connectivity index (χ0) is 19.3. The van der Waals surface area contributed by atoms with Crippen LogP contribution >= 0.6 is 0 Å². The van der Waals surface area contributed by atoms with Gasteiger partial charge in [0.15, 0.2) is 0 Å². The number of nitrogen functional groups attached to an aromatic ring is 2. The van der Waals surface area contributed by atoms with E-state index in [1.54, 1.807) is 6.07 Å². The molecule has 4 aromatic carbocycles. The van der Waals surface area contributed by atoms with Gasteiger partial charge >= 0.3 is 0 Å². The molecule has 0 fully saturated rings. The summed E-state index contributed by atoms with van der Waals surface area (Å²) in [6, 6.07) is 30.6. The van der Waals surface area contributed by atoms with E-state index in [1.165, 1.54) is 0 Å². The van der Waals surface area contributed by atoms with E-state index in [9.17, 15) is 0 Å². The lowest BCUT2D eigenvalue weighted by Crippen LogP contribution is -1.88. The zero-order valence-electron chi connectivity index (χ0n) is 15.2. The first-order valence-corrected chi connectivity index (χ1v) is 8.93. The summed E-state index contributed by atoms with van der Waals surface area (Å²) in [6.45, 7) is 0. The van der Waals surface area contributed by atoms with Gasteiger partial charge in [-0.3, -0.25) is 0 Å². The van der Waals surface area contributed by atoms with Gasteiger partial charge in [0.1, 0.15) is 23.0 Å². The van der Waals surface area contributed by atoms with E-state index >= 15 is 0 Å². The van der Waals surface area contributed by atoms with E-state index in [0.29, 0.717) is 11.4 Å². The minimum atomic E-state index is 0.676. The molecule has 28 heavy (non-hydrogen) atoms. The van der Waals surface area contributed by atoms with Gasteiger partial charge in [-0.15, -0.1) is 0 Å². The van der Waals surface area contributed by atoms with Crippen molar-refractivity contribution >= 4 is 11.4 Å². The third-order valence-corrected chi connectivity index (χ3v) is 4.25. The number of benzene rings is 4. The smallest absolute Gasteiger partial charge is 0.129 e.